The Kier molecular flexibility index (Phi) is 5.32. The van der Waals surface area contributed by atoms with Crippen molar-refractivity contribution in [2.75, 3.05) is 16.8 Å². The minimum atomic E-state index is -0.144. The van der Waals surface area contributed by atoms with Gasteiger partial charge in [-0.15, -0.1) is 11.3 Å². The van der Waals surface area contributed by atoms with Crippen molar-refractivity contribution >= 4 is 46.1 Å². The topological polar surface area (TPSA) is 58.6 Å². The average molecular weight is 413 g/mol. The lowest BCUT2D eigenvalue weighted by Crippen LogP contribution is -2.38. The van der Waals surface area contributed by atoms with Crippen molar-refractivity contribution in [3.8, 4) is 5.75 Å². The van der Waals surface area contributed by atoms with Crippen molar-refractivity contribution < 1.29 is 14.3 Å². The number of fused-ring (bicyclic) bond motifs is 1. The van der Waals surface area contributed by atoms with E-state index >= 15 is 0 Å². The summed E-state index contributed by atoms with van der Waals surface area (Å²) in [5.74, 6) is 0.360. The van der Waals surface area contributed by atoms with Gasteiger partial charge < -0.3 is 15.0 Å². The highest BCUT2D eigenvalue weighted by molar-refractivity contribution is 7.10. The summed E-state index contributed by atoms with van der Waals surface area (Å²) in [4.78, 5) is 27.4. The van der Waals surface area contributed by atoms with Gasteiger partial charge in [-0.05, 0) is 47.3 Å². The van der Waals surface area contributed by atoms with Gasteiger partial charge >= 0.3 is 0 Å². The number of halogens is 1. The molecule has 142 valence electrons. The second kappa shape index (κ2) is 8.04. The van der Waals surface area contributed by atoms with E-state index in [0.29, 0.717) is 35.1 Å². The Bertz CT molecular complexity index is 1020. The van der Waals surface area contributed by atoms with E-state index in [4.69, 9.17) is 16.3 Å². The number of anilines is 2. The second-order valence-corrected chi connectivity index (χ2v) is 7.85. The molecule has 0 unspecified atom stereocenters. The van der Waals surface area contributed by atoms with Gasteiger partial charge in [0.2, 0.25) is 5.91 Å². The van der Waals surface area contributed by atoms with Crippen molar-refractivity contribution in [2.24, 2.45) is 0 Å². The van der Waals surface area contributed by atoms with Crippen molar-refractivity contribution in [1.29, 1.82) is 0 Å². The van der Waals surface area contributed by atoms with Gasteiger partial charge in [-0.1, -0.05) is 29.8 Å². The number of ether oxygens (including phenoxy) is 1. The zero-order valence-corrected chi connectivity index (χ0v) is 16.4. The standard InChI is InChI=1S/C21H17ClN2O3S/c22-15-4-1-3-14(9-15)12-24-18-10-16(6-7-19(18)27-13-21(24)26)23-20(25)11-17-5-2-8-28-17/h1-10H,11-13H2,(H,23,25). The zero-order valence-electron chi connectivity index (χ0n) is 14.9. The van der Waals surface area contributed by atoms with Crippen LogP contribution in [0.1, 0.15) is 10.4 Å². The van der Waals surface area contributed by atoms with E-state index < -0.39 is 0 Å². The van der Waals surface area contributed by atoms with Crippen LogP contribution >= 0.6 is 22.9 Å². The molecule has 0 saturated heterocycles. The number of hydrogen-bond acceptors (Lipinski definition) is 4. The number of amides is 2. The largest absolute Gasteiger partial charge is 0.482 e. The number of rotatable bonds is 5. The fourth-order valence-electron chi connectivity index (χ4n) is 3.05. The fraction of sp³-hybridized carbons (Fsp3) is 0.143. The highest BCUT2D eigenvalue weighted by Crippen LogP contribution is 2.35. The van der Waals surface area contributed by atoms with Crippen LogP contribution in [-0.2, 0) is 22.6 Å². The maximum atomic E-state index is 12.5. The number of hydrogen-bond donors (Lipinski definition) is 1. The molecule has 0 fully saturated rings. The average Bonchev–Trinajstić information content (AvgIpc) is 3.17. The monoisotopic (exact) mass is 412 g/mol. The Morgan fingerprint density at radius 2 is 2.07 bits per heavy atom. The van der Waals surface area contributed by atoms with Crippen LogP contribution in [0.3, 0.4) is 0 Å². The van der Waals surface area contributed by atoms with Crippen LogP contribution in [0.5, 0.6) is 5.75 Å². The van der Waals surface area contributed by atoms with Crippen LogP contribution < -0.4 is 15.0 Å². The van der Waals surface area contributed by atoms with Gasteiger partial charge in [0.25, 0.3) is 5.91 Å². The normalized spacial score (nSPS) is 13.0. The van der Waals surface area contributed by atoms with Crippen LogP contribution in [0.15, 0.2) is 60.0 Å². The van der Waals surface area contributed by atoms with Gasteiger partial charge in [0, 0.05) is 15.6 Å². The van der Waals surface area contributed by atoms with Crippen LogP contribution in [0.4, 0.5) is 11.4 Å². The first kappa shape index (κ1) is 18.5. The van der Waals surface area contributed by atoms with Gasteiger partial charge in [-0.2, -0.15) is 0 Å². The van der Waals surface area contributed by atoms with E-state index in [-0.39, 0.29) is 18.4 Å². The maximum Gasteiger partial charge on any atom is 0.265 e. The molecule has 1 aliphatic heterocycles. The number of thiophene rings is 1. The molecule has 0 bridgehead atoms. The second-order valence-electron chi connectivity index (χ2n) is 6.39. The molecule has 2 heterocycles. The lowest BCUT2D eigenvalue weighted by atomic mass is 10.1. The highest BCUT2D eigenvalue weighted by Gasteiger charge is 2.26. The molecule has 1 aliphatic rings. The molecule has 0 aliphatic carbocycles. The summed E-state index contributed by atoms with van der Waals surface area (Å²) in [5, 5.41) is 5.45. The predicted molar refractivity (Wildman–Crippen MR) is 111 cm³/mol. The zero-order chi connectivity index (χ0) is 19.5. The summed E-state index contributed by atoms with van der Waals surface area (Å²) in [7, 11) is 0. The molecule has 7 heteroatoms. The summed E-state index contributed by atoms with van der Waals surface area (Å²) in [5.41, 5.74) is 2.17. The molecular formula is C21H17ClN2O3S. The van der Waals surface area contributed by atoms with Crippen molar-refractivity contribution in [1.82, 2.24) is 0 Å². The van der Waals surface area contributed by atoms with Crippen molar-refractivity contribution in [3.63, 3.8) is 0 Å². The Labute approximate surface area is 171 Å². The summed E-state index contributed by atoms with van der Waals surface area (Å²) < 4.78 is 5.54. The molecule has 4 rings (SSSR count). The molecule has 0 spiro atoms. The molecule has 0 saturated carbocycles. The van der Waals surface area contributed by atoms with E-state index in [1.165, 1.54) is 0 Å². The molecule has 1 aromatic heterocycles. The van der Waals surface area contributed by atoms with Crippen LogP contribution in [0.25, 0.3) is 0 Å². The SMILES string of the molecule is O=C(Cc1cccs1)Nc1ccc2c(c1)N(Cc1cccc(Cl)c1)C(=O)CO2. The minimum Gasteiger partial charge on any atom is -0.482 e. The fourth-order valence-corrected chi connectivity index (χ4v) is 3.96. The Hall–Kier alpha value is -2.83. The van der Waals surface area contributed by atoms with E-state index in [9.17, 15) is 9.59 Å². The number of nitrogens with zero attached hydrogens (tertiary/aromatic N) is 1. The molecule has 3 aromatic rings. The van der Waals surface area contributed by atoms with E-state index in [0.717, 1.165) is 10.4 Å². The third kappa shape index (κ3) is 4.18. The minimum absolute atomic E-state index is 0.0162. The Morgan fingerprint density at radius 3 is 2.86 bits per heavy atom. The van der Waals surface area contributed by atoms with Crippen LogP contribution in [-0.4, -0.2) is 18.4 Å². The molecule has 0 atom stereocenters. The summed E-state index contributed by atoms with van der Waals surface area (Å²) in [6.07, 6.45) is 0.316. The number of benzene rings is 2. The molecule has 0 radical (unpaired) electrons. The predicted octanol–water partition coefficient (Wildman–Crippen LogP) is 4.51. The van der Waals surface area contributed by atoms with Gasteiger partial charge in [0.1, 0.15) is 5.75 Å². The summed E-state index contributed by atoms with van der Waals surface area (Å²) in [6.45, 7) is 0.361. The lowest BCUT2D eigenvalue weighted by Gasteiger charge is -2.30. The Balaban J connectivity index is 1.56. The molecule has 2 amide bonds. The highest BCUT2D eigenvalue weighted by atomic mass is 35.5. The van der Waals surface area contributed by atoms with Crippen LogP contribution in [0, 0.1) is 0 Å². The lowest BCUT2D eigenvalue weighted by molar-refractivity contribution is -0.121. The number of nitrogens with one attached hydrogen (secondary N) is 1. The number of carbonyl (C=O) groups is 2. The number of carbonyl (C=O) groups excluding carboxylic acids is 2. The molecule has 2 aromatic carbocycles. The molecule has 1 N–H and O–H groups in total. The maximum absolute atomic E-state index is 12.5. The first-order valence-corrected chi connectivity index (χ1v) is 9.98. The van der Waals surface area contributed by atoms with Gasteiger partial charge in [-0.3, -0.25) is 9.59 Å². The third-order valence-electron chi connectivity index (χ3n) is 4.33. The quantitative estimate of drug-likeness (QED) is 0.670. The van der Waals surface area contributed by atoms with Gasteiger partial charge in [-0.25, -0.2) is 0 Å². The van der Waals surface area contributed by atoms with Crippen molar-refractivity contribution in [3.05, 3.63) is 75.4 Å². The smallest absolute Gasteiger partial charge is 0.265 e. The van der Waals surface area contributed by atoms with Gasteiger partial charge in [0.15, 0.2) is 6.61 Å². The third-order valence-corrected chi connectivity index (χ3v) is 5.44. The summed E-state index contributed by atoms with van der Waals surface area (Å²) in [6, 6.07) is 16.6. The summed E-state index contributed by atoms with van der Waals surface area (Å²) >= 11 is 7.61. The Morgan fingerprint density at radius 1 is 1.18 bits per heavy atom. The molecule has 28 heavy (non-hydrogen) atoms. The molecule has 5 nitrogen and oxygen atoms in total. The molecular weight excluding hydrogens is 396 g/mol. The van der Waals surface area contributed by atoms with E-state index in [1.54, 1.807) is 40.5 Å². The van der Waals surface area contributed by atoms with Gasteiger partial charge in [0.05, 0.1) is 18.7 Å². The van der Waals surface area contributed by atoms with Crippen LogP contribution in [0.2, 0.25) is 5.02 Å². The first-order chi connectivity index (χ1) is 13.6. The first-order valence-electron chi connectivity index (χ1n) is 8.72. The van der Waals surface area contributed by atoms with E-state index in [2.05, 4.69) is 5.32 Å². The van der Waals surface area contributed by atoms with E-state index in [1.807, 2.05) is 35.7 Å². The van der Waals surface area contributed by atoms with Crippen molar-refractivity contribution in [2.45, 2.75) is 13.0 Å².